The van der Waals surface area contributed by atoms with Crippen molar-refractivity contribution in [2.75, 3.05) is 0 Å². The van der Waals surface area contributed by atoms with Crippen LogP contribution in [0.15, 0.2) is 58.7 Å². The van der Waals surface area contributed by atoms with Gasteiger partial charge in [-0.3, -0.25) is 0 Å². The lowest BCUT2D eigenvalue weighted by Crippen LogP contribution is -1.95. The van der Waals surface area contributed by atoms with Gasteiger partial charge < -0.3 is 0 Å². The summed E-state index contributed by atoms with van der Waals surface area (Å²) < 4.78 is 1.21. The normalized spacial score (nSPS) is 12.6. The van der Waals surface area contributed by atoms with Gasteiger partial charge in [0.1, 0.15) is 0 Å². The third-order valence-electron chi connectivity index (χ3n) is 5.44. The lowest BCUT2D eigenvalue weighted by molar-refractivity contribution is 0.881. The number of rotatable bonds is 6. The van der Waals surface area contributed by atoms with Gasteiger partial charge in [0.15, 0.2) is 5.82 Å². The number of aryl methyl sites for hydroxylation is 1. The summed E-state index contributed by atoms with van der Waals surface area (Å²) >= 11 is 3.43. The molecular formula is C25H21N5S2. The summed E-state index contributed by atoms with van der Waals surface area (Å²) in [5.41, 5.74) is 11.7. The molecule has 5 aromatic rings. The van der Waals surface area contributed by atoms with Crippen LogP contribution in [0.5, 0.6) is 0 Å². The van der Waals surface area contributed by atoms with E-state index in [2.05, 4.69) is 92.7 Å². The summed E-state index contributed by atoms with van der Waals surface area (Å²) in [6, 6.07) is 15.2. The second-order valence-corrected chi connectivity index (χ2v) is 9.07. The highest BCUT2D eigenvalue weighted by atomic mass is 32.1. The fourth-order valence-electron chi connectivity index (χ4n) is 3.87. The van der Waals surface area contributed by atoms with Crippen molar-refractivity contribution in [3.8, 4) is 0 Å². The molecule has 0 saturated carbocycles. The van der Waals surface area contributed by atoms with Gasteiger partial charge in [-0.2, -0.15) is 16.6 Å². The number of nitrogens with one attached hydrogen (secondary N) is 1. The van der Waals surface area contributed by atoms with E-state index in [1.54, 1.807) is 22.7 Å². The summed E-state index contributed by atoms with van der Waals surface area (Å²) in [6.45, 7) is 4.42. The van der Waals surface area contributed by atoms with Gasteiger partial charge in [-0.1, -0.05) is 43.3 Å². The molecule has 5 nitrogen and oxygen atoms in total. The highest BCUT2D eigenvalue weighted by Crippen LogP contribution is 2.38. The van der Waals surface area contributed by atoms with Crippen molar-refractivity contribution < 1.29 is 0 Å². The number of nitrogens with zero attached hydrogens (tertiary/aromatic N) is 4. The van der Waals surface area contributed by atoms with Crippen molar-refractivity contribution in [1.82, 2.24) is 25.6 Å². The Hall–Kier alpha value is -3.42. The van der Waals surface area contributed by atoms with Gasteiger partial charge in [-0.25, -0.2) is 4.98 Å². The molecule has 0 aliphatic rings. The summed E-state index contributed by atoms with van der Waals surface area (Å²) in [5, 5.41) is 18.5. The Morgan fingerprint density at radius 3 is 2.59 bits per heavy atom. The first-order valence-electron chi connectivity index (χ1n) is 10.3. The van der Waals surface area contributed by atoms with Crippen LogP contribution in [0.2, 0.25) is 0 Å². The molecule has 0 atom stereocenters. The van der Waals surface area contributed by atoms with Crippen molar-refractivity contribution >= 4 is 56.2 Å². The quantitative estimate of drug-likeness (QED) is 0.309. The molecule has 158 valence electrons. The Balaban J connectivity index is 1.62. The van der Waals surface area contributed by atoms with Crippen LogP contribution in [0.3, 0.4) is 0 Å². The van der Waals surface area contributed by atoms with E-state index in [-0.39, 0.29) is 0 Å². The number of hydrogen-bond donors (Lipinski definition) is 1. The minimum absolute atomic E-state index is 0.562. The fourth-order valence-corrected chi connectivity index (χ4v) is 5.39. The zero-order valence-corrected chi connectivity index (χ0v) is 19.4. The molecule has 1 N–H and O–H groups in total. The molecule has 5 rings (SSSR count). The van der Waals surface area contributed by atoms with Gasteiger partial charge in [0.2, 0.25) is 0 Å². The van der Waals surface area contributed by atoms with Crippen LogP contribution in [0.25, 0.3) is 33.5 Å². The molecule has 0 radical (unpaired) electrons. The van der Waals surface area contributed by atoms with Crippen LogP contribution in [0.4, 0.5) is 0 Å². The molecule has 0 fully saturated rings. The van der Waals surface area contributed by atoms with Crippen LogP contribution in [-0.2, 0) is 0 Å². The van der Waals surface area contributed by atoms with Gasteiger partial charge in [0.25, 0.3) is 0 Å². The first-order valence-corrected chi connectivity index (χ1v) is 12.2. The van der Waals surface area contributed by atoms with E-state index in [0.29, 0.717) is 5.82 Å². The van der Waals surface area contributed by atoms with E-state index in [1.165, 1.54) is 38.1 Å². The Kier molecular flexibility index (Phi) is 5.75. The summed E-state index contributed by atoms with van der Waals surface area (Å²) in [6.07, 6.45) is 4.78. The number of tetrazole rings is 1. The predicted molar refractivity (Wildman–Crippen MR) is 134 cm³/mol. The second kappa shape index (κ2) is 8.98. The number of thiophene rings is 1. The van der Waals surface area contributed by atoms with E-state index < -0.39 is 0 Å². The number of thiazole rings is 1. The average Bonchev–Trinajstić information content (AvgIpc) is 3.58. The molecule has 0 spiro atoms. The van der Waals surface area contributed by atoms with Crippen LogP contribution >= 0.6 is 22.7 Å². The van der Waals surface area contributed by atoms with Crippen molar-refractivity contribution in [2.24, 2.45) is 0 Å². The number of fused-ring (bicyclic) bond motifs is 1. The zero-order valence-electron chi connectivity index (χ0n) is 17.7. The average molecular weight is 456 g/mol. The molecule has 3 aromatic heterocycles. The molecule has 0 aliphatic carbocycles. The highest BCUT2D eigenvalue weighted by Gasteiger charge is 2.16. The van der Waals surface area contributed by atoms with Gasteiger partial charge >= 0.3 is 0 Å². The monoisotopic (exact) mass is 455 g/mol. The zero-order chi connectivity index (χ0) is 21.9. The molecule has 0 saturated heterocycles. The lowest BCUT2D eigenvalue weighted by atomic mass is 9.87. The minimum atomic E-state index is 0.562. The first kappa shape index (κ1) is 20.5. The molecule has 2 aromatic carbocycles. The molecule has 0 bridgehead atoms. The number of aromatic nitrogens is 5. The third kappa shape index (κ3) is 4.04. The molecule has 32 heavy (non-hydrogen) atoms. The predicted octanol–water partition coefficient (Wildman–Crippen LogP) is 6.72. The standard InChI is InChI=1S/C25H21N5S2/c1-3-20(21-14-31-13-16(21)2)25(19-9-10-23-22(12-19)26-15-32-23)18-7-4-17(5-8-18)6-11-24-27-29-30-28-24/h4-15H,3H2,1-2H3,(H,27,28,29,30)/b11-6+,25-20+. The van der Waals surface area contributed by atoms with Crippen molar-refractivity contribution in [1.29, 1.82) is 0 Å². The van der Waals surface area contributed by atoms with E-state index in [9.17, 15) is 0 Å². The maximum atomic E-state index is 4.55. The molecule has 7 heteroatoms. The topological polar surface area (TPSA) is 67.3 Å². The molecular weight excluding hydrogens is 434 g/mol. The fraction of sp³-hybridized carbons (Fsp3) is 0.120. The van der Waals surface area contributed by atoms with Gasteiger partial charge in [0, 0.05) is 0 Å². The van der Waals surface area contributed by atoms with Gasteiger partial charge in [-0.15, -0.1) is 21.5 Å². The third-order valence-corrected chi connectivity index (χ3v) is 7.11. The van der Waals surface area contributed by atoms with E-state index in [4.69, 9.17) is 0 Å². The van der Waals surface area contributed by atoms with Crippen molar-refractivity contribution in [3.05, 3.63) is 92.4 Å². The van der Waals surface area contributed by atoms with Crippen LogP contribution in [0, 0.1) is 6.92 Å². The largest absolute Gasteiger partial charge is 0.245 e. The maximum Gasteiger partial charge on any atom is 0.197 e. The van der Waals surface area contributed by atoms with Gasteiger partial charge in [0.05, 0.1) is 15.7 Å². The Bertz CT molecular complexity index is 1410. The van der Waals surface area contributed by atoms with E-state index >= 15 is 0 Å². The maximum absolute atomic E-state index is 4.55. The number of aromatic amines is 1. The second-order valence-electron chi connectivity index (χ2n) is 7.44. The number of hydrogen-bond acceptors (Lipinski definition) is 6. The molecule has 0 amide bonds. The molecule has 0 aliphatic heterocycles. The van der Waals surface area contributed by atoms with Crippen LogP contribution in [-0.4, -0.2) is 25.6 Å². The highest BCUT2D eigenvalue weighted by molar-refractivity contribution is 7.16. The van der Waals surface area contributed by atoms with Crippen LogP contribution in [0.1, 0.15) is 47.0 Å². The summed E-state index contributed by atoms with van der Waals surface area (Å²) in [5.74, 6) is 0.562. The Labute approximate surface area is 194 Å². The van der Waals surface area contributed by atoms with E-state index in [0.717, 1.165) is 17.5 Å². The summed E-state index contributed by atoms with van der Waals surface area (Å²) in [4.78, 5) is 4.55. The Morgan fingerprint density at radius 1 is 1.03 bits per heavy atom. The SMILES string of the molecule is CC/C(=C(/c1ccc(/C=C/c2nn[nH]n2)cc1)c1ccc2scnc2c1)c1cscc1C. The number of benzene rings is 2. The van der Waals surface area contributed by atoms with Crippen molar-refractivity contribution in [2.45, 2.75) is 20.3 Å². The van der Waals surface area contributed by atoms with Crippen LogP contribution < -0.4 is 0 Å². The molecule has 0 unspecified atom stereocenters. The van der Waals surface area contributed by atoms with E-state index in [1.807, 2.05) is 17.7 Å². The summed E-state index contributed by atoms with van der Waals surface area (Å²) in [7, 11) is 0. The van der Waals surface area contributed by atoms with Gasteiger partial charge in [-0.05, 0) is 86.5 Å². The number of allylic oxidation sites excluding steroid dienone is 1. The smallest absolute Gasteiger partial charge is 0.197 e. The number of H-pyrrole nitrogens is 1. The minimum Gasteiger partial charge on any atom is -0.245 e. The molecule has 3 heterocycles. The first-order chi connectivity index (χ1) is 15.7. The Morgan fingerprint density at radius 2 is 1.88 bits per heavy atom. The lowest BCUT2D eigenvalue weighted by Gasteiger charge is -2.16. The van der Waals surface area contributed by atoms with Crippen molar-refractivity contribution in [3.63, 3.8) is 0 Å².